The van der Waals surface area contributed by atoms with E-state index >= 15 is 0 Å². The molecule has 7 rings (SSSR count). The number of aryl methyl sites for hydroxylation is 4. The van der Waals surface area contributed by atoms with Gasteiger partial charge in [-0.2, -0.15) is 5.10 Å². The SMILES string of the molecule is CCN1CCN(CCCCn2c3ccc(C(C)=NOC)cc3c3c4c[nH]c(O)c4c4c(c32)CCc2nn(C)cc2-4)CC1. The number of H-pyrrole nitrogens is 1. The summed E-state index contributed by atoms with van der Waals surface area (Å²) in [6, 6.07) is 6.64. The van der Waals surface area contributed by atoms with Gasteiger partial charge >= 0.3 is 0 Å². The number of hydrogen-bond donors (Lipinski definition) is 2. The molecule has 0 unspecified atom stereocenters. The van der Waals surface area contributed by atoms with Crippen LogP contribution in [0.3, 0.4) is 0 Å². The third kappa shape index (κ3) is 4.37. The minimum Gasteiger partial charge on any atom is -0.494 e. The number of nitrogens with zero attached hydrogens (tertiary/aromatic N) is 6. The Morgan fingerprint density at radius 2 is 1.83 bits per heavy atom. The molecular formula is C33H41N7O2. The Bertz CT molecular complexity index is 1820. The van der Waals surface area contributed by atoms with Gasteiger partial charge in [0.2, 0.25) is 0 Å². The standard InChI is InChI=1S/C33H41N7O2/c1-5-38-14-16-39(17-15-38)12-6-7-13-40-28-11-8-22(21(2)36-42-4)18-24(28)30-25-19-34-33(41)31(25)29-23(32(30)40)9-10-27-26(29)20-37(3)35-27/h8,11,18-20,34,41H,5-7,9-10,12-17H2,1-4H3. The number of oxime groups is 1. The van der Waals surface area contributed by atoms with Crippen LogP contribution >= 0.6 is 0 Å². The zero-order valence-electron chi connectivity index (χ0n) is 25.2. The maximum Gasteiger partial charge on any atom is 0.197 e. The molecule has 2 aromatic carbocycles. The van der Waals surface area contributed by atoms with E-state index in [9.17, 15) is 5.11 Å². The lowest BCUT2D eigenvalue weighted by molar-refractivity contribution is 0.135. The molecule has 2 N–H and O–H groups in total. The van der Waals surface area contributed by atoms with Crippen molar-refractivity contribution in [3.8, 4) is 17.0 Å². The lowest BCUT2D eigenvalue weighted by Gasteiger charge is -2.34. The summed E-state index contributed by atoms with van der Waals surface area (Å²) < 4.78 is 4.45. The Kier molecular flexibility index (Phi) is 6.94. The Labute approximate surface area is 246 Å². The average molecular weight is 568 g/mol. The highest BCUT2D eigenvalue weighted by Crippen LogP contribution is 2.49. The second-order valence-corrected chi connectivity index (χ2v) is 11.9. The molecule has 4 heterocycles. The molecule has 0 amide bonds. The lowest BCUT2D eigenvalue weighted by atomic mass is 9.85. The number of hydrogen-bond acceptors (Lipinski definition) is 6. The monoisotopic (exact) mass is 567 g/mol. The number of aromatic hydroxyl groups is 1. The molecule has 42 heavy (non-hydrogen) atoms. The van der Waals surface area contributed by atoms with Gasteiger partial charge in [0.1, 0.15) is 7.11 Å². The van der Waals surface area contributed by atoms with Crippen molar-refractivity contribution in [3.05, 3.63) is 47.4 Å². The fourth-order valence-corrected chi connectivity index (χ4v) is 7.37. The second-order valence-electron chi connectivity index (χ2n) is 11.9. The fraction of sp³-hybridized carbons (Fsp3) is 0.455. The van der Waals surface area contributed by atoms with Gasteiger partial charge in [-0.25, -0.2) is 0 Å². The molecule has 1 aliphatic carbocycles. The number of aromatic nitrogens is 4. The van der Waals surface area contributed by atoms with Crippen molar-refractivity contribution >= 4 is 38.3 Å². The summed E-state index contributed by atoms with van der Waals surface area (Å²) in [5.74, 6) is 0.220. The van der Waals surface area contributed by atoms with Crippen molar-refractivity contribution < 1.29 is 9.94 Å². The van der Waals surface area contributed by atoms with E-state index in [4.69, 9.17) is 9.94 Å². The normalized spacial score (nSPS) is 16.5. The number of aromatic amines is 1. The Balaban J connectivity index is 1.36. The van der Waals surface area contributed by atoms with Gasteiger partial charge in [0.05, 0.1) is 22.3 Å². The number of rotatable bonds is 8. The molecule has 9 nitrogen and oxygen atoms in total. The van der Waals surface area contributed by atoms with Crippen LogP contribution < -0.4 is 0 Å². The summed E-state index contributed by atoms with van der Waals surface area (Å²) in [5.41, 5.74) is 9.06. The van der Waals surface area contributed by atoms with E-state index in [0.717, 1.165) is 77.8 Å². The minimum atomic E-state index is 0.220. The van der Waals surface area contributed by atoms with Crippen LogP contribution in [0.1, 0.15) is 43.5 Å². The molecule has 0 spiro atoms. The van der Waals surface area contributed by atoms with Gasteiger partial charge < -0.3 is 29.3 Å². The fourth-order valence-electron chi connectivity index (χ4n) is 7.37. The molecule has 220 valence electrons. The second kappa shape index (κ2) is 10.8. The lowest BCUT2D eigenvalue weighted by Crippen LogP contribution is -2.46. The van der Waals surface area contributed by atoms with Crippen molar-refractivity contribution in [1.82, 2.24) is 29.1 Å². The number of nitrogens with one attached hydrogen (secondary N) is 1. The summed E-state index contributed by atoms with van der Waals surface area (Å²) in [7, 11) is 3.57. The van der Waals surface area contributed by atoms with E-state index in [2.05, 4.69) is 55.8 Å². The predicted molar refractivity (Wildman–Crippen MR) is 170 cm³/mol. The molecule has 3 aromatic heterocycles. The van der Waals surface area contributed by atoms with Crippen LogP contribution in [0.15, 0.2) is 35.7 Å². The van der Waals surface area contributed by atoms with E-state index in [1.165, 1.54) is 60.0 Å². The van der Waals surface area contributed by atoms with Crippen LogP contribution in [0.4, 0.5) is 0 Å². The summed E-state index contributed by atoms with van der Waals surface area (Å²) in [4.78, 5) is 13.4. The first-order valence-electron chi connectivity index (χ1n) is 15.3. The smallest absolute Gasteiger partial charge is 0.197 e. The van der Waals surface area contributed by atoms with Crippen molar-refractivity contribution in [2.75, 3.05) is 46.4 Å². The molecular weight excluding hydrogens is 526 g/mol. The third-order valence-electron chi connectivity index (χ3n) is 9.48. The van der Waals surface area contributed by atoms with Crippen LogP contribution in [0.25, 0.3) is 43.7 Å². The van der Waals surface area contributed by atoms with E-state index in [1.54, 1.807) is 7.11 Å². The highest BCUT2D eigenvalue weighted by atomic mass is 16.6. The molecule has 0 radical (unpaired) electrons. The van der Waals surface area contributed by atoms with Crippen molar-refractivity contribution in [2.24, 2.45) is 12.2 Å². The molecule has 1 fully saturated rings. The Morgan fingerprint density at radius 1 is 1.05 bits per heavy atom. The van der Waals surface area contributed by atoms with Crippen LogP contribution in [0, 0.1) is 0 Å². The van der Waals surface area contributed by atoms with Crippen LogP contribution in [-0.2, 0) is 31.3 Å². The van der Waals surface area contributed by atoms with Gasteiger partial charge in [-0.3, -0.25) is 4.68 Å². The number of likely N-dealkylation sites (N-methyl/N-ethyl adjacent to an activating group) is 1. The summed E-state index contributed by atoms with van der Waals surface area (Å²) in [6.45, 7) is 12.2. The molecule has 1 saturated heterocycles. The first kappa shape index (κ1) is 27.0. The quantitative estimate of drug-likeness (QED) is 0.152. The average Bonchev–Trinajstić information content (AvgIpc) is 3.67. The minimum absolute atomic E-state index is 0.220. The highest BCUT2D eigenvalue weighted by molar-refractivity contribution is 6.27. The summed E-state index contributed by atoms with van der Waals surface area (Å²) in [6.07, 6.45) is 8.16. The van der Waals surface area contributed by atoms with Gasteiger partial charge in [-0.1, -0.05) is 18.1 Å². The molecule has 9 heteroatoms. The van der Waals surface area contributed by atoms with E-state index in [1.807, 2.05) is 24.9 Å². The van der Waals surface area contributed by atoms with Crippen molar-refractivity contribution in [2.45, 2.75) is 46.1 Å². The van der Waals surface area contributed by atoms with E-state index in [-0.39, 0.29) is 5.88 Å². The molecule has 0 saturated carbocycles. The zero-order chi connectivity index (χ0) is 29.0. The third-order valence-corrected chi connectivity index (χ3v) is 9.48. The topological polar surface area (TPSA) is 86.8 Å². The van der Waals surface area contributed by atoms with Crippen LogP contribution in [0.2, 0.25) is 0 Å². The van der Waals surface area contributed by atoms with Gasteiger partial charge in [0.25, 0.3) is 0 Å². The number of unbranched alkanes of at least 4 members (excludes halogenated alkanes) is 1. The molecule has 0 bridgehead atoms. The Hall–Kier alpha value is -3.82. The maximum absolute atomic E-state index is 11.1. The molecule has 5 aromatic rings. The van der Waals surface area contributed by atoms with Crippen LogP contribution in [-0.4, -0.2) is 86.3 Å². The largest absolute Gasteiger partial charge is 0.494 e. The predicted octanol–water partition coefficient (Wildman–Crippen LogP) is 5.27. The summed E-state index contributed by atoms with van der Waals surface area (Å²) >= 11 is 0. The van der Waals surface area contributed by atoms with E-state index < -0.39 is 0 Å². The maximum atomic E-state index is 11.1. The van der Waals surface area contributed by atoms with Gasteiger partial charge in [-0.05, 0) is 69.0 Å². The first-order chi connectivity index (χ1) is 20.5. The summed E-state index contributed by atoms with van der Waals surface area (Å²) in [5, 5.41) is 24.5. The van der Waals surface area contributed by atoms with Gasteiger partial charge in [-0.15, -0.1) is 0 Å². The van der Waals surface area contributed by atoms with Crippen LogP contribution in [0.5, 0.6) is 5.88 Å². The molecule has 2 aliphatic rings. The highest BCUT2D eigenvalue weighted by Gasteiger charge is 2.30. The molecule has 0 atom stereocenters. The first-order valence-corrected chi connectivity index (χ1v) is 15.3. The van der Waals surface area contributed by atoms with Crippen molar-refractivity contribution in [1.29, 1.82) is 0 Å². The van der Waals surface area contributed by atoms with Crippen molar-refractivity contribution in [3.63, 3.8) is 0 Å². The number of piperazine rings is 1. The van der Waals surface area contributed by atoms with Gasteiger partial charge in [0, 0.05) is 85.0 Å². The number of fused-ring (bicyclic) bond motifs is 10. The van der Waals surface area contributed by atoms with E-state index in [0.29, 0.717) is 0 Å². The zero-order valence-corrected chi connectivity index (χ0v) is 25.2. The Morgan fingerprint density at radius 3 is 2.62 bits per heavy atom. The number of benzene rings is 2. The molecule has 1 aliphatic heterocycles. The van der Waals surface area contributed by atoms with Gasteiger partial charge in [0.15, 0.2) is 5.88 Å².